The van der Waals surface area contributed by atoms with E-state index in [4.69, 9.17) is 9.47 Å². The topological polar surface area (TPSA) is 122 Å². The van der Waals surface area contributed by atoms with Gasteiger partial charge in [0.1, 0.15) is 6.10 Å². The van der Waals surface area contributed by atoms with E-state index >= 15 is 0 Å². The summed E-state index contributed by atoms with van der Waals surface area (Å²) in [5, 5.41) is 9.97. The summed E-state index contributed by atoms with van der Waals surface area (Å²) < 4.78 is 10.7. The van der Waals surface area contributed by atoms with Crippen molar-refractivity contribution in [1.29, 1.82) is 0 Å². The molecule has 1 aliphatic heterocycles. The van der Waals surface area contributed by atoms with Gasteiger partial charge >= 0.3 is 6.09 Å². The quantitative estimate of drug-likeness (QED) is 0.725. The fourth-order valence-corrected chi connectivity index (χ4v) is 4.05. The van der Waals surface area contributed by atoms with Crippen LogP contribution in [0.3, 0.4) is 0 Å². The Morgan fingerprint density at radius 1 is 1.29 bits per heavy atom. The number of H-pyrrole nitrogens is 1. The molecular weight excluding hydrogens is 400 g/mol. The van der Waals surface area contributed by atoms with Crippen LogP contribution in [-0.2, 0) is 16.0 Å². The highest BCUT2D eigenvalue weighted by Gasteiger charge is 2.41. The minimum Gasteiger partial charge on any atom is -0.480 e. The van der Waals surface area contributed by atoms with Gasteiger partial charge in [0.15, 0.2) is 5.82 Å². The number of nitrogens with one attached hydrogen (secondary N) is 2. The van der Waals surface area contributed by atoms with Crippen LogP contribution >= 0.6 is 0 Å². The number of aromatic amines is 1. The van der Waals surface area contributed by atoms with Crippen LogP contribution in [0.1, 0.15) is 56.8 Å². The van der Waals surface area contributed by atoms with Gasteiger partial charge in [-0.15, -0.1) is 0 Å². The third kappa shape index (κ3) is 4.78. The van der Waals surface area contributed by atoms with Crippen molar-refractivity contribution in [3.05, 3.63) is 29.8 Å². The number of likely N-dealkylation sites (tertiary alicyclic amines) is 1. The molecule has 2 N–H and O–H groups in total. The molecule has 31 heavy (non-hydrogen) atoms. The molecule has 0 spiro atoms. The van der Waals surface area contributed by atoms with Gasteiger partial charge in [-0.3, -0.25) is 14.9 Å². The number of amides is 2. The van der Waals surface area contributed by atoms with E-state index in [1.54, 1.807) is 4.90 Å². The van der Waals surface area contributed by atoms with Crippen molar-refractivity contribution in [2.75, 3.05) is 19.0 Å². The van der Waals surface area contributed by atoms with Crippen LogP contribution in [0.2, 0.25) is 0 Å². The lowest BCUT2D eigenvalue weighted by Crippen LogP contribution is -2.58. The highest BCUT2D eigenvalue weighted by Crippen LogP contribution is 2.37. The molecule has 2 fully saturated rings. The van der Waals surface area contributed by atoms with Crippen LogP contribution in [0.25, 0.3) is 0 Å². The molecule has 2 atom stereocenters. The Hall–Kier alpha value is -3.17. The molecule has 1 saturated carbocycles. The van der Waals surface area contributed by atoms with Gasteiger partial charge in [0.05, 0.1) is 31.6 Å². The second-order valence-corrected chi connectivity index (χ2v) is 8.71. The summed E-state index contributed by atoms with van der Waals surface area (Å²) in [6.07, 6.45) is 6.23. The van der Waals surface area contributed by atoms with Crippen LogP contribution in [0.4, 0.5) is 10.6 Å². The van der Waals surface area contributed by atoms with Gasteiger partial charge in [0.2, 0.25) is 11.8 Å². The van der Waals surface area contributed by atoms with Gasteiger partial charge in [-0.2, -0.15) is 5.10 Å². The first-order valence-corrected chi connectivity index (χ1v) is 10.5. The third-order valence-electron chi connectivity index (χ3n) is 6.09. The largest absolute Gasteiger partial charge is 0.480 e. The van der Waals surface area contributed by atoms with Crippen molar-refractivity contribution in [2.24, 2.45) is 0 Å². The molecular formula is C21H28N6O4. The van der Waals surface area contributed by atoms with Crippen molar-refractivity contribution >= 4 is 17.8 Å². The lowest BCUT2D eigenvalue weighted by Gasteiger charge is -2.47. The van der Waals surface area contributed by atoms with Gasteiger partial charge in [-0.05, 0) is 39.5 Å². The molecule has 2 aliphatic rings. The van der Waals surface area contributed by atoms with Crippen LogP contribution in [0.15, 0.2) is 18.5 Å². The Kier molecular flexibility index (Phi) is 5.79. The van der Waals surface area contributed by atoms with E-state index in [-0.39, 0.29) is 36.0 Å². The monoisotopic (exact) mass is 428 g/mol. The van der Waals surface area contributed by atoms with Gasteiger partial charge in [0, 0.05) is 29.8 Å². The van der Waals surface area contributed by atoms with Crippen molar-refractivity contribution in [2.45, 2.75) is 63.5 Å². The first kappa shape index (κ1) is 21.1. The number of aromatic nitrogens is 4. The number of nitrogens with zero attached hydrogens (tertiary/aromatic N) is 4. The molecule has 3 heterocycles. The molecule has 10 heteroatoms. The Balaban J connectivity index is 1.26. The molecule has 0 radical (unpaired) electrons. The maximum atomic E-state index is 12.4. The molecule has 1 aliphatic carbocycles. The molecule has 1 saturated heterocycles. The normalized spacial score (nSPS) is 22.0. The predicted molar refractivity (Wildman–Crippen MR) is 112 cm³/mol. The van der Waals surface area contributed by atoms with Crippen LogP contribution < -0.4 is 10.1 Å². The number of carbonyl (C=O) groups is 2. The van der Waals surface area contributed by atoms with E-state index in [9.17, 15) is 9.59 Å². The number of hydrogen-bond acceptors (Lipinski definition) is 7. The number of ether oxygens (including phenoxy) is 2. The number of rotatable bonds is 6. The summed E-state index contributed by atoms with van der Waals surface area (Å²) in [7, 11) is 1.51. The third-order valence-corrected chi connectivity index (χ3v) is 6.09. The molecule has 2 aromatic rings. The molecule has 2 amide bonds. The average molecular weight is 428 g/mol. The van der Waals surface area contributed by atoms with E-state index in [1.165, 1.54) is 19.5 Å². The van der Waals surface area contributed by atoms with E-state index in [1.807, 2.05) is 6.07 Å². The lowest BCUT2D eigenvalue weighted by atomic mass is 9.90. The number of hydrogen-bond donors (Lipinski definition) is 2. The summed E-state index contributed by atoms with van der Waals surface area (Å²) >= 11 is 0. The first-order valence-electron chi connectivity index (χ1n) is 10.5. The maximum Gasteiger partial charge on any atom is 0.410 e. The highest BCUT2D eigenvalue weighted by molar-refractivity contribution is 5.91. The van der Waals surface area contributed by atoms with Crippen molar-refractivity contribution in [3.63, 3.8) is 0 Å². The summed E-state index contributed by atoms with van der Waals surface area (Å²) in [6.45, 7) is 4.86. The zero-order chi connectivity index (χ0) is 22.0. The minimum atomic E-state index is -0.229. The Morgan fingerprint density at radius 3 is 2.77 bits per heavy atom. The zero-order valence-electron chi connectivity index (χ0n) is 18.1. The number of methoxy groups -OCH3 is 1. The average Bonchev–Trinajstić information content (AvgIpc) is 3.37. The van der Waals surface area contributed by atoms with Gasteiger partial charge in [0.25, 0.3) is 0 Å². The van der Waals surface area contributed by atoms with Crippen LogP contribution in [-0.4, -0.2) is 62.4 Å². The van der Waals surface area contributed by atoms with E-state index in [0.29, 0.717) is 17.4 Å². The van der Waals surface area contributed by atoms with E-state index in [0.717, 1.165) is 37.9 Å². The Morgan fingerprint density at radius 2 is 2.13 bits per heavy atom. The number of carbonyl (C=O) groups excluding carboxylic acids is 2. The fourth-order valence-electron chi connectivity index (χ4n) is 4.05. The van der Waals surface area contributed by atoms with Crippen molar-refractivity contribution < 1.29 is 19.1 Å². The Labute approximate surface area is 180 Å². The second kappa shape index (κ2) is 8.52. The summed E-state index contributed by atoms with van der Waals surface area (Å²) in [6, 6.07) is 1.84. The van der Waals surface area contributed by atoms with Crippen molar-refractivity contribution in [3.8, 4) is 5.88 Å². The Bertz CT molecular complexity index is 942. The van der Waals surface area contributed by atoms with E-state index in [2.05, 4.69) is 39.3 Å². The van der Waals surface area contributed by atoms with Gasteiger partial charge < -0.3 is 19.7 Å². The fraction of sp³-hybridized carbons (Fsp3) is 0.571. The van der Waals surface area contributed by atoms with Gasteiger partial charge in [-0.25, -0.2) is 9.78 Å². The highest BCUT2D eigenvalue weighted by atomic mass is 16.6. The van der Waals surface area contributed by atoms with Gasteiger partial charge in [-0.1, -0.05) is 0 Å². The molecule has 166 valence electrons. The molecule has 4 rings (SSSR count). The molecule has 0 aromatic carbocycles. The lowest BCUT2D eigenvalue weighted by molar-refractivity contribution is -0.115. The molecule has 0 bridgehead atoms. The smallest absolute Gasteiger partial charge is 0.410 e. The second-order valence-electron chi connectivity index (χ2n) is 8.71. The van der Waals surface area contributed by atoms with Crippen LogP contribution in [0.5, 0.6) is 5.88 Å². The van der Waals surface area contributed by atoms with Crippen molar-refractivity contribution in [1.82, 2.24) is 25.1 Å². The molecule has 10 nitrogen and oxygen atoms in total. The standard InChI is InChI=1S/C21H28N6O4/c1-21(2)6-7-27(21)20(29)31-15-5-4-13(8-15)16-10-17(26-25-16)24-18(28)9-14-11-23-19(30-3)12-22-14/h10-13,15H,4-9H2,1-3H3,(H2,24,25,26,28)/t13-,15+/m0/s1. The molecule has 2 aromatic heterocycles. The summed E-state index contributed by atoms with van der Waals surface area (Å²) in [5.74, 6) is 0.847. The van der Waals surface area contributed by atoms with E-state index < -0.39 is 0 Å². The zero-order valence-corrected chi connectivity index (χ0v) is 18.1. The first-order chi connectivity index (χ1) is 14.8. The predicted octanol–water partition coefficient (Wildman–Crippen LogP) is 2.65. The molecule has 0 unspecified atom stereocenters. The van der Waals surface area contributed by atoms with Crippen LogP contribution in [0, 0.1) is 0 Å². The minimum absolute atomic E-state index is 0.0908. The maximum absolute atomic E-state index is 12.4. The summed E-state index contributed by atoms with van der Waals surface area (Å²) in [5.41, 5.74) is 1.37. The summed E-state index contributed by atoms with van der Waals surface area (Å²) in [4.78, 5) is 34.6. The number of anilines is 1. The SMILES string of the molecule is COc1cnc(CC(=O)Nc2cc([C@H]3CC[C@@H](OC(=O)N4CCC4(C)C)C3)[nH]n2)cn1.